The Morgan fingerprint density at radius 2 is 1.59 bits per heavy atom. The largest absolute Gasteiger partial charge is 0.412 e. The summed E-state index contributed by atoms with van der Waals surface area (Å²) in [5.74, 6) is 0.416. The number of pyridine rings is 1. The molecule has 0 spiro atoms. The Balaban J connectivity index is 0.000000586. The molecule has 0 aliphatic carbocycles. The fourth-order valence-electron chi connectivity index (χ4n) is 6.73. The maximum absolute atomic E-state index is 10.0. The molecule has 0 bridgehead atoms. The zero-order valence-corrected chi connectivity index (χ0v) is 38.5. The summed E-state index contributed by atoms with van der Waals surface area (Å²) < 4.78 is 18.8. The number of rotatable bonds is 25. The minimum Gasteiger partial charge on any atom is -0.412 e. The Kier molecular flexibility index (Phi) is 27.3. The van der Waals surface area contributed by atoms with E-state index in [4.69, 9.17) is 30.5 Å². The van der Waals surface area contributed by atoms with Crippen LogP contribution in [0.5, 0.6) is 0 Å². The van der Waals surface area contributed by atoms with Crippen molar-refractivity contribution >= 4 is 5.84 Å². The van der Waals surface area contributed by atoms with E-state index in [-0.39, 0.29) is 63.1 Å². The monoisotopic (exact) mass is 1000 g/mol. The van der Waals surface area contributed by atoms with Crippen LogP contribution in [0.15, 0.2) is 35.6 Å². The second-order valence-electron chi connectivity index (χ2n) is 14.5. The normalized spacial score (nSPS) is 20.1. The summed E-state index contributed by atoms with van der Waals surface area (Å²) in [6.07, 6.45) is 23.1. The number of ether oxygens (including phenoxy) is 3. The van der Waals surface area contributed by atoms with Crippen LogP contribution in [0.3, 0.4) is 0 Å². The van der Waals surface area contributed by atoms with Gasteiger partial charge in [-0.05, 0) is 37.1 Å². The van der Waals surface area contributed by atoms with Crippen molar-refractivity contribution in [3.8, 4) is 12.1 Å². The van der Waals surface area contributed by atoms with Crippen LogP contribution in [0.2, 0.25) is 0 Å². The number of nitrogens with zero attached hydrogens (tertiary/aromatic N) is 5. The third-order valence-corrected chi connectivity index (χ3v) is 9.96. The van der Waals surface area contributed by atoms with Crippen molar-refractivity contribution in [1.82, 2.24) is 9.66 Å². The number of aliphatic hydroxyl groups is 3. The molecule has 8 N–H and O–H groups in total. The molecule has 2 aliphatic rings. The van der Waals surface area contributed by atoms with Crippen molar-refractivity contribution in [3.05, 3.63) is 53.1 Å². The first-order valence-electron chi connectivity index (χ1n) is 20.1. The molecule has 1 unspecified atom stereocenters. The second-order valence-corrected chi connectivity index (χ2v) is 14.5. The standard InChI is InChI=1S/C28H48N2O3.C13H17N5O3.H2O.Pa/c1-2-3-4-5-6-7-8-9-10-11-12-13-14-15-16-17-18-32-25-28(23-31)33-24-27-19-26(20-29)21-30-22-27;1-7-16-12(15)9-3-2-8(18(9)17-7)10-4-11(20)13(5-14,6-19)21-10;;/h19,21-22,28,31H,2-18,23-25H2,1H3;2-3,7,10-11,17,19-20H,4,6H2,1H3,(H2,15,16);1H2;/t28-;7?,10-,11+,13-;;/m01../s1. The summed E-state index contributed by atoms with van der Waals surface area (Å²) in [5, 5.41) is 46.9. The van der Waals surface area contributed by atoms with Crippen LogP contribution in [0.4, 0.5) is 0 Å². The fraction of sp³-hybridized carbons (Fsp3) is 0.707. The molecular weight excluding hydrogens is 934 g/mol. The van der Waals surface area contributed by atoms with Crippen molar-refractivity contribution in [2.24, 2.45) is 10.7 Å². The molecular formula is C41H67N7O7Pa. The van der Waals surface area contributed by atoms with E-state index in [9.17, 15) is 15.3 Å². The van der Waals surface area contributed by atoms with E-state index in [2.05, 4.69) is 28.4 Å². The number of amidine groups is 1. The van der Waals surface area contributed by atoms with Crippen LogP contribution >= 0.6 is 0 Å². The summed E-state index contributed by atoms with van der Waals surface area (Å²) in [6.45, 7) is 4.92. The Hall–Kier alpha value is -2.51. The smallest absolute Gasteiger partial charge is 0.203 e. The van der Waals surface area contributed by atoms with Crippen molar-refractivity contribution in [1.29, 1.82) is 10.5 Å². The first-order chi connectivity index (χ1) is 26.3. The number of unbranched alkanes of at least 4 members (excludes halogenated alkanes) is 15. The number of aliphatic hydroxyl groups excluding tert-OH is 3. The molecule has 56 heavy (non-hydrogen) atoms. The van der Waals surface area contributed by atoms with E-state index in [0.29, 0.717) is 36.9 Å². The number of fused-ring (bicyclic) bond motifs is 1. The average Bonchev–Trinajstić information content (AvgIpc) is 3.76. The molecule has 2 aromatic rings. The van der Waals surface area contributed by atoms with Gasteiger partial charge in [0, 0.05) is 57.7 Å². The molecule has 0 amide bonds. The molecule has 0 saturated carbocycles. The molecule has 311 valence electrons. The minimum absolute atomic E-state index is 0. The summed E-state index contributed by atoms with van der Waals surface area (Å²) in [6, 6.07) is 9.29. The number of nitrogens with one attached hydrogen (secondary N) is 1. The van der Waals surface area contributed by atoms with Gasteiger partial charge in [0.15, 0.2) is 0 Å². The first-order valence-corrected chi connectivity index (χ1v) is 20.1. The van der Waals surface area contributed by atoms with Gasteiger partial charge in [-0.3, -0.25) is 9.66 Å². The topological polar surface area (TPSA) is 236 Å². The molecule has 4 rings (SSSR count). The zero-order chi connectivity index (χ0) is 39.0. The number of hydrogen-bond acceptors (Lipinski definition) is 12. The predicted molar refractivity (Wildman–Crippen MR) is 212 cm³/mol. The molecule has 1 fully saturated rings. The minimum atomic E-state index is -1.57. The molecule has 2 aliphatic heterocycles. The summed E-state index contributed by atoms with van der Waals surface area (Å²) in [7, 11) is 0. The van der Waals surface area contributed by atoms with Crippen molar-refractivity contribution in [3.63, 3.8) is 0 Å². The zero-order valence-electron chi connectivity index (χ0n) is 33.7. The molecule has 0 aromatic carbocycles. The third-order valence-electron chi connectivity index (χ3n) is 9.96. The number of aliphatic imine (C=N–C) groups is 1. The molecule has 15 heteroatoms. The number of aromatic nitrogens is 2. The van der Waals surface area contributed by atoms with Crippen molar-refractivity contribution < 1.29 is 67.3 Å². The number of hydrogen-bond donors (Lipinski definition) is 5. The number of nitriles is 2. The predicted octanol–water partition coefficient (Wildman–Crippen LogP) is 5.46. The van der Waals surface area contributed by atoms with E-state index in [0.717, 1.165) is 17.7 Å². The first kappa shape index (κ1) is 51.5. The maximum Gasteiger partial charge on any atom is 0.203 e. The van der Waals surface area contributed by atoms with Gasteiger partial charge in [-0.1, -0.05) is 103 Å². The quantitative estimate of drug-likeness (QED) is 0.0784. The van der Waals surface area contributed by atoms with Crippen LogP contribution in [-0.4, -0.2) is 86.7 Å². The van der Waals surface area contributed by atoms with Gasteiger partial charge in [0.2, 0.25) is 5.60 Å². The van der Waals surface area contributed by atoms with Gasteiger partial charge in [0.05, 0.1) is 37.7 Å². The Labute approximate surface area is 359 Å². The van der Waals surface area contributed by atoms with E-state index < -0.39 is 24.4 Å². The van der Waals surface area contributed by atoms with Gasteiger partial charge in [0.1, 0.15) is 48.1 Å². The number of nitrogens with two attached hydrogens (primary N) is 1. The Morgan fingerprint density at radius 3 is 2.12 bits per heavy atom. The molecule has 1 saturated heterocycles. The fourth-order valence-corrected chi connectivity index (χ4v) is 6.73. The van der Waals surface area contributed by atoms with Crippen LogP contribution in [0.1, 0.15) is 152 Å². The van der Waals surface area contributed by atoms with Crippen LogP contribution in [0, 0.1) is 55.0 Å². The van der Waals surface area contributed by atoms with Gasteiger partial charge in [-0.25, -0.2) is 4.99 Å². The molecule has 1 radical (unpaired) electrons. The SMILES string of the molecule is CC1N=C(N)c2ccc([C@H]3C[C@H](O)[C@@](C#N)(CO)O3)n2N1.CCCCCCCCCCCCCCCCCCOC[C@H](CO)OCc1cncc(C#N)c1.O.[Pa]. The van der Waals surface area contributed by atoms with Crippen LogP contribution in [-0.2, 0) is 20.8 Å². The average molecular weight is 1000 g/mol. The molecule has 2 aromatic heterocycles. The third kappa shape index (κ3) is 17.5. The van der Waals surface area contributed by atoms with E-state index >= 15 is 0 Å². The summed E-state index contributed by atoms with van der Waals surface area (Å²) in [5.41, 5.74) is 10.2. The second kappa shape index (κ2) is 29.7. The van der Waals surface area contributed by atoms with Gasteiger partial charge < -0.3 is 46.2 Å². The Bertz CT molecular complexity index is 1470. The van der Waals surface area contributed by atoms with E-state index in [1.807, 2.05) is 19.1 Å². The Morgan fingerprint density at radius 1 is 0.982 bits per heavy atom. The van der Waals surface area contributed by atoms with Crippen molar-refractivity contribution in [2.45, 2.75) is 160 Å². The summed E-state index contributed by atoms with van der Waals surface area (Å²) >= 11 is 0. The summed E-state index contributed by atoms with van der Waals surface area (Å²) in [4.78, 5) is 8.24. The molecule has 14 nitrogen and oxygen atoms in total. The van der Waals surface area contributed by atoms with E-state index in [1.165, 1.54) is 103 Å². The van der Waals surface area contributed by atoms with Crippen molar-refractivity contribution in [2.75, 3.05) is 31.9 Å². The maximum atomic E-state index is 10.0. The van der Waals surface area contributed by atoms with Crippen LogP contribution in [0.25, 0.3) is 0 Å². The van der Waals surface area contributed by atoms with Gasteiger partial charge in [0.25, 0.3) is 0 Å². The van der Waals surface area contributed by atoms with Gasteiger partial charge in [-0.2, -0.15) is 10.5 Å². The van der Waals surface area contributed by atoms with Gasteiger partial charge >= 0.3 is 0 Å². The van der Waals surface area contributed by atoms with Crippen LogP contribution < -0.4 is 11.2 Å². The van der Waals surface area contributed by atoms with Gasteiger partial charge in [-0.15, -0.1) is 0 Å². The molecule has 5 atom stereocenters. The van der Waals surface area contributed by atoms with E-state index in [1.54, 1.807) is 23.0 Å². The molecule has 4 heterocycles.